The molecule has 1 aliphatic rings. The van der Waals surface area contributed by atoms with Crippen molar-refractivity contribution in [2.24, 2.45) is 5.84 Å². The average molecular weight is 289 g/mol. The van der Waals surface area contributed by atoms with Gasteiger partial charge in [0.15, 0.2) is 0 Å². The van der Waals surface area contributed by atoms with Gasteiger partial charge in [0.2, 0.25) is 0 Å². The number of thiophene rings is 1. The van der Waals surface area contributed by atoms with E-state index in [1.54, 1.807) is 11.3 Å². The van der Waals surface area contributed by atoms with Gasteiger partial charge in [-0.05, 0) is 38.1 Å². The highest BCUT2D eigenvalue weighted by Gasteiger charge is 2.28. The van der Waals surface area contributed by atoms with Crippen molar-refractivity contribution >= 4 is 23.0 Å². The largest absolute Gasteiger partial charge is 0.362 e. The van der Waals surface area contributed by atoms with Crippen LogP contribution in [0.1, 0.15) is 48.0 Å². The van der Waals surface area contributed by atoms with Gasteiger partial charge in [0.1, 0.15) is 17.5 Å². The molecule has 1 unspecified atom stereocenters. The van der Waals surface area contributed by atoms with Crippen molar-refractivity contribution in [3.63, 3.8) is 0 Å². The van der Waals surface area contributed by atoms with Crippen LogP contribution in [0.15, 0.2) is 17.5 Å². The van der Waals surface area contributed by atoms with E-state index in [2.05, 4.69) is 45.1 Å². The molecule has 1 aliphatic carbocycles. The molecule has 6 heteroatoms. The third-order valence-corrected chi connectivity index (χ3v) is 4.62. The van der Waals surface area contributed by atoms with Gasteiger partial charge in [0.05, 0.1) is 6.04 Å². The monoisotopic (exact) mass is 289 g/mol. The van der Waals surface area contributed by atoms with Gasteiger partial charge in [-0.2, -0.15) is 0 Å². The third kappa shape index (κ3) is 2.62. The lowest BCUT2D eigenvalue weighted by molar-refractivity contribution is 0.861. The average Bonchev–Trinajstić information content (AvgIpc) is 3.15. The number of nitrogens with two attached hydrogens (primary N) is 1. The Kier molecular flexibility index (Phi) is 3.58. The second-order valence-corrected chi connectivity index (χ2v) is 6.18. The normalized spacial score (nSPS) is 15.9. The fourth-order valence-electron chi connectivity index (χ4n) is 2.15. The number of nitrogens with one attached hydrogen (secondary N) is 2. The predicted molar refractivity (Wildman–Crippen MR) is 82.9 cm³/mol. The summed E-state index contributed by atoms with van der Waals surface area (Å²) in [5.41, 5.74) is 3.64. The molecule has 3 rings (SSSR count). The molecule has 1 fully saturated rings. The molecular weight excluding hydrogens is 270 g/mol. The summed E-state index contributed by atoms with van der Waals surface area (Å²) < 4.78 is 0. The zero-order valence-corrected chi connectivity index (χ0v) is 12.5. The van der Waals surface area contributed by atoms with Gasteiger partial charge in [0.25, 0.3) is 0 Å². The zero-order chi connectivity index (χ0) is 14.1. The Morgan fingerprint density at radius 3 is 2.70 bits per heavy atom. The zero-order valence-electron chi connectivity index (χ0n) is 11.7. The van der Waals surface area contributed by atoms with Crippen molar-refractivity contribution in [2.75, 3.05) is 10.7 Å². The van der Waals surface area contributed by atoms with Gasteiger partial charge >= 0.3 is 0 Å². The minimum atomic E-state index is 0.223. The molecule has 1 atom stereocenters. The van der Waals surface area contributed by atoms with Gasteiger partial charge in [-0.15, -0.1) is 11.3 Å². The van der Waals surface area contributed by atoms with Gasteiger partial charge in [-0.25, -0.2) is 15.8 Å². The summed E-state index contributed by atoms with van der Waals surface area (Å²) in [7, 11) is 0. The minimum absolute atomic E-state index is 0.223. The Morgan fingerprint density at radius 1 is 1.35 bits per heavy atom. The molecule has 5 nitrogen and oxygen atoms in total. The van der Waals surface area contributed by atoms with Crippen molar-refractivity contribution in [1.29, 1.82) is 0 Å². The van der Waals surface area contributed by atoms with E-state index in [4.69, 9.17) is 5.84 Å². The Morgan fingerprint density at radius 2 is 2.10 bits per heavy atom. The van der Waals surface area contributed by atoms with Crippen molar-refractivity contribution in [2.45, 2.75) is 38.6 Å². The number of hydrazine groups is 1. The number of rotatable bonds is 5. The molecule has 0 bridgehead atoms. The standard InChI is InChI=1S/C14H19N5S/c1-8-12(16-9(2)11-4-3-7-20-11)17-14(10-5-6-10)18-13(8)19-15/h3-4,7,9-10H,5-6,15H2,1-2H3,(H2,16,17,18,19). The number of hydrogen-bond acceptors (Lipinski definition) is 6. The number of aromatic nitrogens is 2. The number of anilines is 2. The Balaban J connectivity index is 1.89. The van der Waals surface area contributed by atoms with Crippen LogP contribution in [-0.4, -0.2) is 9.97 Å². The van der Waals surface area contributed by atoms with E-state index in [0.29, 0.717) is 11.7 Å². The second kappa shape index (κ2) is 5.38. The minimum Gasteiger partial charge on any atom is -0.362 e. The van der Waals surface area contributed by atoms with Crippen molar-refractivity contribution in [3.05, 3.63) is 33.8 Å². The van der Waals surface area contributed by atoms with Crippen LogP contribution in [0.3, 0.4) is 0 Å². The van der Waals surface area contributed by atoms with Crippen LogP contribution in [0, 0.1) is 6.92 Å². The molecule has 0 spiro atoms. The summed E-state index contributed by atoms with van der Waals surface area (Å²) in [6, 6.07) is 4.41. The quantitative estimate of drug-likeness (QED) is 0.582. The van der Waals surface area contributed by atoms with E-state index in [1.165, 1.54) is 17.7 Å². The number of nitrogens with zero attached hydrogens (tertiary/aromatic N) is 2. The summed E-state index contributed by atoms with van der Waals surface area (Å²) in [6.07, 6.45) is 2.35. The molecule has 2 aromatic rings. The maximum absolute atomic E-state index is 5.57. The van der Waals surface area contributed by atoms with E-state index >= 15 is 0 Å². The van der Waals surface area contributed by atoms with Crippen molar-refractivity contribution in [1.82, 2.24) is 9.97 Å². The smallest absolute Gasteiger partial charge is 0.148 e. The second-order valence-electron chi connectivity index (χ2n) is 5.20. The first kappa shape index (κ1) is 13.3. The predicted octanol–water partition coefficient (Wildman–Crippen LogP) is 3.18. The molecule has 0 aliphatic heterocycles. The molecule has 0 amide bonds. The van der Waals surface area contributed by atoms with E-state index < -0.39 is 0 Å². The molecule has 4 N–H and O–H groups in total. The highest BCUT2D eigenvalue weighted by Crippen LogP contribution is 2.39. The Hall–Kier alpha value is -1.66. The van der Waals surface area contributed by atoms with Crippen molar-refractivity contribution in [3.8, 4) is 0 Å². The third-order valence-electron chi connectivity index (χ3n) is 3.57. The summed E-state index contributed by atoms with van der Waals surface area (Å²) in [4.78, 5) is 10.5. The number of nitrogen functional groups attached to an aromatic ring is 1. The highest BCUT2D eigenvalue weighted by atomic mass is 32.1. The maximum atomic E-state index is 5.57. The van der Waals surface area contributed by atoms with E-state index in [1.807, 2.05) is 6.92 Å². The molecule has 2 heterocycles. The van der Waals surface area contributed by atoms with Crippen LogP contribution in [-0.2, 0) is 0 Å². The first-order valence-electron chi connectivity index (χ1n) is 6.84. The molecule has 0 aromatic carbocycles. The van der Waals surface area contributed by atoms with Crippen LogP contribution in [0.4, 0.5) is 11.6 Å². The fourth-order valence-corrected chi connectivity index (χ4v) is 2.89. The Bertz CT molecular complexity index is 592. The molecule has 106 valence electrons. The SMILES string of the molecule is Cc1c(NN)nc(C2CC2)nc1NC(C)c1cccs1. The topological polar surface area (TPSA) is 75.9 Å². The molecule has 20 heavy (non-hydrogen) atoms. The number of hydrogen-bond donors (Lipinski definition) is 3. The molecular formula is C14H19N5S. The van der Waals surface area contributed by atoms with Crippen LogP contribution in [0.25, 0.3) is 0 Å². The summed E-state index contributed by atoms with van der Waals surface area (Å²) in [5, 5.41) is 5.56. The fraction of sp³-hybridized carbons (Fsp3) is 0.429. The van der Waals surface area contributed by atoms with Gasteiger partial charge in [0, 0.05) is 16.4 Å². The Labute approximate surface area is 122 Å². The lowest BCUT2D eigenvalue weighted by atomic mass is 10.2. The molecule has 0 saturated heterocycles. The molecule has 2 aromatic heterocycles. The van der Waals surface area contributed by atoms with Crippen molar-refractivity contribution < 1.29 is 0 Å². The highest BCUT2D eigenvalue weighted by molar-refractivity contribution is 7.10. The van der Waals surface area contributed by atoms with E-state index in [-0.39, 0.29) is 6.04 Å². The molecule has 0 radical (unpaired) electrons. The van der Waals surface area contributed by atoms with Gasteiger partial charge in [-0.3, -0.25) is 0 Å². The maximum Gasteiger partial charge on any atom is 0.148 e. The summed E-state index contributed by atoms with van der Waals surface area (Å²) >= 11 is 1.74. The van der Waals surface area contributed by atoms with Crippen LogP contribution in [0.2, 0.25) is 0 Å². The van der Waals surface area contributed by atoms with E-state index in [0.717, 1.165) is 17.2 Å². The molecule has 1 saturated carbocycles. The van der Waals surface area contributed by atoms with Crippen LogP contribution in [0.5, 0.6) is 0 Å². The van der Waals surface area contributed by atoms with Gasteiger partial charge in [-0.1, -0.05) is 6.07 Å². The summed E-state index contributed by atoms with van der Waals surface area (Å²) in [6.45, 7) is 4.12. The van der Waals surface area contributed by atoms with E-state index in [9.17, 15) is 0 Å². The summed E-state index contributed by atoms with van der Waals surface area (Å²) in [5.74, 6) is 8.54. The first-order chi connectivity index (χ1) is 9.69. The lowest BCUT2D eigenvalue weighted by Gasteiger charge is -2.17. The lowest BCUT2D eigenvalue weighted by Crippen LogP contribution is -2.16. The van der Waals surface area contributed by atoms with Crippen LogP contribution >= 0.6 is 11.3 Å². The van der Waals surface area contributed by atoms with Crippen LogP contribution < -0.4 is 16.6 Å². The van der Waals surface area contributed by atoms with Gasteiger partial charge < -0.3 is 10.7 Å². The first-order valence-corrected chi connectivity index (χ1v) is 7.72.